The second kappa shape index (κ2) is 8.02. The smallest absolute Gasteiger partial charge is 0.228 e. The minimum Gasteiger partial charge on any atom is -0.315 e. The maximum atomic E-state index is 12.2. The van der Waals surface area contributed by atoms with Gasteiger partial charge in [0.05, 0.1) is 19.0 Å². The van der Waals surface area contributed by atoms with Gasteiger partial charge in [-0.3, -0.25) is 9.78 Å². The summed E-state index contributed by atoms with van der Waals surface area (Å²) in [7, 11) is 1.78. The lowest BCUT2D eigenvalue weighted by Gasteiger charge is -2.18. The van der Waals surface area contributed by atoms with Crippen molar-refractivity contribution in [1.29, 1.82) is 0 Å². The minimum atomic E-state index is -0.138. The fourth-order valence-corrected chi connectivity index (χ4v) is 1.98. The summed E-state index contributed by atoms with van der Waals surface area (Å²) in [6.07, 6.45) is 3.80. The average Bonchev–Trinajstić information content (AvgIpc) is 2.56. The number of para-hydroxylation sites is 1. The molecule has 0 aliphatic carbocycles. The zero-order valence-electron chi connectivity index (χ0n) is 12.9. The van der Waals surface area contributed by atoms with Gasteiger partial charge in [0.1, 0.15) is 0 Å². The summed E-state index contributed by atoms with van der Waals surface area (Å²) in [5.74, 6) is 0.0292. The zero-order chi connectivity index (χ0) is 15.8. The minimum absolute atomic E-state index is 0.0292. The van der Waals surface area contributed by atoms with Gasteiger partial charge in [-0.2, -0.15) is 10.2 Å². The van der Waals surface area contributed by atoms with Crippen LogP contribution in [0.1, 0.15) is 18.9 Å². The van der Waals surface area contributed by atoms with Crippen LogP contribution in [0.4, 0.5) is 5.69 Å². The van der Waals surface area contributed by atoms with Crippen LogP contribution in [0.2, 0.25) is 0 Å². The van der Waals surface area contributed by atoms with E-state index in [0.29, 0.717) is 13.0 Å². The van der Waals surface area contributed by atoms with E-state index in [1.54, 1.807) is 24.3 Å². The van der Waals surface area contributed by atoms with Gasteiger partial charge in [-0.15, -0.1) is 0 Å². The lowest BCUT2D eigenvalue weighted by atomic mass is 10.2. The molecule has 0 aliphatic rings. The van der Waals surface area contributed by atoms with Gasteiger partial charge >= 0.3 is 0 Å². The van der Waals surface area contributed by atoms with Crippen LogP contribution in [0.15, 0.2) is 65.1 Å². The first-order valence-electron chi connectivity index (χ1n) is 7.24. The van der Waals surface area contributed by atoms with Crippen molar-refractivity contribution in [1.82, 2.24) is 4.98 Å². The summed E-state index contributed by atoms with van der Waals surface area (Å²) in [6.45, 7) is 2.41. The van der Waals surface area contributed by atoms with Crippen molar-refractivity contribution in [3.8, 4) is 0 Å². The number of carbonyl (C=O) groups excluding carboxylic acids is 1. The van der Waals surface area contributed by atoms with Crippen molar-refractivity contribution in [3.63, 3.8) is 0 Å². The standard InChI is InChI=1S/C17H20N4O/c1-14(20-19-13-15-8-10-18-11-9-15)12-17(22)21(2)16-6-4-3-5-7-16/h3-11,14H,12-13H2,1-2H3. The molecule has 0 radical (unpaired) electrons. The number of carbonyl (C=O) groups is 1. The van der Waals surface area contributed by atoms with Crippen molar-refractivity contribution in [2.24, 2.45) is 10.2 Å². The Morgan fingerprint density at radius 2 is 1.86 bits per heavy atom. The van der Waals surface area contributed by atoms with Gasteiger partial charge in [-0.05, 0) is 36.8 Å². The van der Waals surface area contributed by atoms with E-state index in [2.05, 4.69) is 15.2 Å². The zero-order valence-corrected chi connectivity index (χ0v) is 12.9. The molecule has 1 heterocycles. The Kier molecular flexibility index (Phi) is 5.77. The van der Waals surface area contributed by atoms with E-state index in [1.165, 1.54) is 0 Å². The van der Waals surface area contributed by atoms with Crippen molar-refractivity contribution in [2.45, 2.75) is 25.9 Å². The lowest BCUT2D eigenvalue weighted by molar-refractivity contribution is -0.118. The molecular weight excluding hydrogens is 276 g/mol. The molecule has 0 saturated carbocycles. The van der Waals surface area contributed by atoms with E-state index in [1.807, 2.05) is 49.4 Å². The number of azo groups is 1. The molecule has 5 heteroatoms. The maximum absolute atomic E-state index is 12.2. The predicted octanol–water partition coefficient (Wildman–Crippen LogP) is 3.48. The number of pyridine rings is 1. The van der Waals surface area contributed by atoms with Crippen LogP contribution in [0.25, 0.3) is 0 Å². The van der Waals surface area contributed by atoms with E-state index >= 15 is 0 Å². The topological polar surface area (TPSA) is 57.9 Å². The maximum Gasteiger partial charge on any atom is 0.228 e. The van der Waals surface area contributed by atoms with Crippen LogP contribution in [0.5, 0.6) is 0 Å². The quantitative estimate of drug-likeness (QED) is 0.766. The molecule has 5 nitrogen and oxygen atoms in total. The Bertz CT molecular complexity index is 613. The molecule has 1 aromatic heterocycles. The highest BCUT2D eigenvalue weighted by atomic mass is 16.2. The first-order chi connectivity index (χ1) is 10.7. The average molecular weight is 296 g/mol. The van der Waals surface area contributed by atoms with Crippen LogP contribution in [0.3, 0.4) is 0 Å². The van der Waals surface area contributed by atoms with Gasteiger partial charge in [0.15, 0.2) is 0 Å². The second-order valence-corrected chi connectivity index (χ2v) is 5.11. The molecule has 0 bridgehead atoms. The third-order valence-electron chi connectivity index (χ3n) is 3.27. The molecule has 0 fully saturated rings. The summed E-state index contributed by atoms with van der Waals surface area (Å²) < 4.78 is 0. The van der Waals surface area contributed by atoms with E-state index in [-0.39, 0.29) is 11.9 Å². The Labute approximate surface area is 130 Å². The van der Waals surface area contributed by atoms with Gasteiger partial charge < -0.3 is 4.90 Å². The number of anilines is 1. The molecule has 2 aromatic rings. The molecule has 1 unspecified atom stereocenters. The number of benzene rings is 1. The Hall–Kier alpha value is -2.56. The largest absolute Gasteiger partial charge is 0.315 e. The number of nitrogens with zero attached hydrogens (tertiary/aromatic N) is 4. The van der Waals surface area contributed by atoms with Gasteiger partial charge in [0, 0.05) is 25.1 Å². The molecule has 0 saturated heterocycles. The molecule has 0 aliphatic heterocycles. The SMILES string of the molecule is CC(CC(=O)N(C)c1ccccc1)N=NCc1ccncc1. The van der Waals surface area contributed by atoms with Gasteiger partial charge in [-0.25, -0.2) is 0 Å². The normalized spacial score (nSPS) is 12.3. The Morgan fingerprint density at radius 1 is 1.18 bits per heavy atom. The van der Waals surface area contributed by atoms with Crippen molar-refractivity contribution in [3.05, 3.63) is 60.4 Å². The molecule has 114 valence electrons. The van der Waals surface area contributed by atoms with Crippen molar-refractivity contribution in [2.75, 3.05) is 11.9 Å². The number of hydrogen-bond donors (Lipinski definition) is 0. The predicted molar refractivity (Wildman–Crippen MR) is 86.7 cm³/mol. The fraction of sp³-hybridized carbons (Fsp3) is 0.294. The molecule has 2 rings (SSSR count). The molecule has 1 atom stereocenters. The van der Waals surface area contributed by atoms with Gasteiger partial charge in [0.2, 0.25) is 5.91 Å². The van der Waals surface area contributed by atoms with Crippen molar-refractivity contribution < 1.29 is 4.79 Å². The first-order valence-corrected chi connectivity index (χ1v) is 7.24. The van der Waals surface area contributed by atoms with Crippen molar-refractivity contribution >= 4 is 11.6 Å². The Morgan fingerprint density at radius 3 is 2.55 bits per heavy atom. The summed E-state index contributed by atoms with van der Waals surface area (Å²) in [5.41, 5.74) is 1.94. The van der Waals surface area contributed by atoms with Gasteiger partial charge in [0.25, 0.3) is 0 Å². The van der Waals surface area contributed by atoms with E-state index in [4.69, 9.17) is 0 Å². The molecule has 0 N–H and O–H groups in total. The van der Waals surface area contributed by atoms with Crippen LogP contribution >= 0.6 is 0 Å². The fourth-order valence-electron chi connectivity index (χ4n) is 1.98. The number of amides is 1. The second-order valence-electron chi connectivity index (χ2n) is 5.11. The third kappa shape index (κ3) is 4.77. The van der Waals surface area contributed by atoms with Crippen LogP contribution < -0.4 is 4.90 Å². The molecular formula is C17H20N4O. The molecule has 1 amide bonds. The summed E-state index contributed by atoms with van der Waals surface area (Å²) in [6, 6.07) is 13.2. The highest BCUT2D eigenvalue weighted by Gasteiger charge is 2.14. The number of aromatic nitrogens is 1. The van der Waals surface area contributed by atoms with E-state index < -0.39 is 0 Å². The van der Waals surface area contributed by atoms with E-state index in [9.17, 15) is 4.79 Å². The monoisotopic (exact) mass is 296 g/mol. The van der Waals surface area contributed by atoms with Crippen LogP contribution in [-0.4, -0.2) is 24.0 Å². The van der Waals surface area contributed by atoms with Crippen LogP contribution in [-0.2, 0) is 11.3 Å². The lowest BCUT2D eigenvalue weighted by Crippen LogP contribution is -2.28. The van der Waals surface area contributed by atoms with Gasteiger partial charge in [-0.1, -0.05) is 18.2 Å². The third-order valence-corrected chi connectivity index (χ3v) is 3.27. The number of rotatable bonds is 6. The highest BCUT2D eigenvalue weighted by Crippen LogP contribution is 2.13. The highest BCUT2D eigenvalue weighted by molar-refractivity contribution is 5.93. The summed E-state index contributed by atoms with van der Waals surface area (Å²) in [4.78, 5) is 17.8. The van der Waals surface area contributed by atoms with E-state index in [0.717, 1.165) is 11.3 Å². The number of hydrogen-bond acceptors (Lipinski definition) is 4. The molecule has 0 spiro atoms. The Balaban J connectivity index is 1.83. The molecule has 1 aromatic carbocycles. The summed E-state index contributed by atoms with van der Waals surface area (Å²) in [5, 5.41) is 8.35. The summed E-state index contributed by atoms with van der Waals surface area (Å²) >= 11 is 0. The van der Waals surface area contributed by atoms with Crippen LogP contribution in [0, 0.1) is 0 Å². The first kappa shape index (κ1) is 15.8. The molecule has 22 heavy (non-hydrogen) atoms.